The van der Waals surface area contributed by atoms with Gasteiger partial charge < -0.3 is 19.7 Å². The minimum Gasteiger partial charge on any atom is -0.496 e. The summed E-state index contributed by atoms with van der Waals surface area (Å²) in [6.45, 7) is 5.30. The zero-order valence-corrected chi connectivity index (χ0v) is 13.6. The van der Waals surface area contributed by atoms with Gasteiger partial charge in [-0.3, -0.25) is 0 Å². The SMILES string of the molecule is CCNC(=S)N(Cc1ccccc1OC)CC1CCCO1. The highest BCUT2D eigenvalue weighted by Gasteiger charge is 2.21. The molecule has 1 aliphatic heterocycles. The lowest BCUT2D eigenvalue weighted by molar-refractivity contribution is 0.0896. The van der Waals surface area contributed by atoms with Gasteiger partial charge in [0.25, 0.3) is 0 Å². The molecule has 1 aromatic rings. The number of thiocarbonyl (C=S) groups is 1. The van der Waals surface area contributed by atoms with Gasteiger partial charge in [-0.15, -0.1) is 0 Å². The zero-order valence-electron chi connectivity index (χ0n) is 12.8. The van der Waals surface area contributed by atoms with E-state index < -0.39 is 0 Å². The van der Waals surface area contributed by atoms with Gasteiger partial charge in [0.2, 0.25) is 0 Å². The van der Waals surface area contributed by atoms with Crippen molar-refractivity contribution in [1.82, 2.24) is 10.2 Å². The van der Waals surface area contributed by atoms with E-state index in [2.05, 4.69) is 23.2 Å². The predicted molar refractivity (Wildman–Crippen MR) is 88.7 cm³/mol. The Balaban J connectivity index is 2.08. The van der Waals surface area contributed by atoms with Crippen LogP contribution in [0.3, 0.4) is 0 Å². The molecule has 1 heterocycles. The number of nitrogens with one attached hydrogen (secondary N) is 1. The minimum absolute atomic E-state index is 0.274. The fourth-order valence-electron chi connectivity index (χ4n) is 2.56. The Morgan fingerprint density at radius 1 is 1.48 bits per heavy atom. The first kappa shape index (κ1) is 16.0. The largest absolute Gasteiger partial charge is 0.496 e. The topological polar surface area (TPSA) is 33.7 Å². The van der Waals surface area contributed by atoms with Gasteiger partial charge in [-0.05, 0) is 38.0 Å². The first-order chi connectivity index (χ1) is 10.2. The highest BCUT2D eigenvalue weighted by atomic mass is 32.1. The molecule has 2 rings (SSSR count). The Hall–Kier alpha value is -1.33. The molecule has 0 amide bonds. The molecule has 1 atom stereocenters. The molecule has 0 radical (unpaired) electrons. The number of benzene rings is 1. The van der Waals surface area contributed by atoms with E-state index in [1.165, 1.54) is 0 Å². The maximum absolute atomic E-state index is 5.75. The summed E-state index contributed by atoms with van der Waals surface area (Å²) in [7, 11) is 1.70. The van der Waals surface area contributed by atoms with Crippen molar-refractivity contribution in [2.24, 2.45) is 0 Å². The van der Waals surface area contributed by atoms with Crippen LogP contribution < -0.4 is 10.1 Å². The van der Waals surface area contributed by atoms with E-state index in [-0.39, 0.29) is 6.10 Å². The van der Waals surface area contributed by atoms with Crippen LogP contribution in [0, 0.1) is 0 Å². The van der Waals surface area contributed by atoms with Gasteiger partial charge in [0, 0.05) is 31.8 Å². The molecule has 0 bridgehead atoms. The van der Waals surface area contributed by atoms with Crippen molar-refractivity contribution in [3.8, 4) is 5.75 Å². The summed E-state index contributed by atoms with van der Waals surface area (Å²) in [5, 5.41) is 4.02. The molecule has 0 spiro atoms. The molecule has 0 aromatic heterocycles. The first-order valence-electron chi connectivity index (χ1n) is 7.50. The van der Waals surface area contributed by atoms with E-state index in [9.17, 15) is 0 Å². The van der Waals surface area contributed by atoms with Crippen molar-refractivity contribution < 1.29 is 9.47 Å². The lowest BCUT2D eigenvalue weighted by Crippen LogP contribution is -2.43. The fraction of sp³-hybridized carbons (Fsp3) is 0.562. The Morgan fingerprint density at radius 2 is 2.29 bits per heavy atom. The van der Waals surface area contributed by atoms with Gasteiger partial charge >= 0.3 is 0 Å². The number of hydrogen-bond acceptors (Lipinski definition) is 3. The van der Waals surface area contributed by atoms with Crippen molar-refractivity contribution in [2.45, 2.75) is 32.4 Å². The number of ether oxygens (including phenoxy) is 2. The molecule has 0 saturated carbocycles. The van der Waals surface area contributed by atoms with E-state index >= 15 is 0 Å². The highest BCUT2D eigenvalue weighted by Crippen LogP contribution is 2.21. The average molecular weight is 308 g/mol. The molecule has 1 fully saturated rings. The van der Waals surface area contributed by atoms with Gasteiger partial charge in [0.15, 0.2) is 5.11 Å². The molecule has 5 heteroatoms. The normalized spacial score (nSPS) is 17.5. The third kappa shape index (κ3) is 4.58. The quantitative estimate of drug-likeness (QED) is 0.817. The Bertz CT molecular complexity index is 461. The summed E-state index contributed by atoms with van der Waals surface area (Å²) in [5.41, 5.74) is 1.14. The van der Waals surface area contributed by atoms with Crippen LogP contribution in [0.1, 0.15) is 25.3 Å². The van der Waals surface area contributed by atoms with Gasteiger partial charge in [-0.1, -0.05) is 18.2 Å². The molecule has 1 aliphatic rings. The van der Waals surface area contributed by atoms with Crippen LogP contribution in [-0.4, -0.2) is 42.9 Å². The molecule has 21 heavy (non-hydrogen) atoms. The molecule has 1 unspecified atom stereocenters. The van der Waals surface area contributed by atoms with Crippen LogP contribution in [0.25, 0.3) is 0 Å². The maximum atomic E-state index is 5.75. The summed E-state index contributed by atoms with van der Waals surface area (Å²) < 4.78 is 11.2. The number of rotatable bonds is 6. The van der Waals surface area contributed by atoms with Gasteiger partial charge in [0.05, 0.1) is 13.2 Å². The van der Waals surface area contributed by atoms with Gasteiger partial charge in [0.1, 0.15) is 5.75 Å². The van der Waals surface area contributed by atoms with Crippen molar-refractivity contribution in [1.29, 1.82) is 0 Å². The monoisotopic (exact) mass is 308 g/mol. The lowest BCUT2D eigenvalue weighted by Gasteiger charge is -2.28. The Morgan fingerprint density at radius 3 is 2.95 bits per heavy atom. The zero-order chi connectivity index (χ0) is 15.1. The van der Waals surface area contributed by atoms with E-state index in [1.807, 2.05) is 18.2 Å². The summed E-state index contributed by atoms with van der Waals surface area (Å²) in [6.07, 6.45) is 2.52. The van der Waals surface area contributed by atoms with Gasteiger partial charge in [-0.25, -0.2) is 0 Å². The molecule has 1 N–H and O–H groups in total. The lowest BCUT2D eigenvalue weighted by atomic mass is 10.1. The second-order valence-electron chi connectivity index (χ2n) is 5.16. The number of methoxy groups -OCH3 is 1. The summed E-state index contributed by atoms with van der Waals surface area (Å²) in [5.74, 6) is 0.897. The molecule has 4 nitrogen and oxygen atoms in total. The molecule has 116 valence electrons. The Labute approximate surface area is 132 Å². The van der Waals surface area contributed by atoms with Gasteiger partial charge in [-0.2, -0.15) is 0 Å². The third-order valence-corrected chi connectivity index (χ3v) is 4.02. The first-order valence-corrected chi connectivity index (χ1v) is 7.91. The number of hydrogen-bond donors (Lipinski definition) is 1. The van der Waals surface area contributed by atoms with E-state index in [0.29, 0.717) is 0 Å². The van der Waals surface area contributed by atoms with Crippen molar-refractivity contribution in [2.75, 3.05) is 26.8 Å². The molecule has 0 aliphatic carbocycles. The second-order valence-corrected chi connectivity index (χ2v) is 5.55. The summed E-state index contributed by atoms with van der Waals surface area (Å²) in [6, 6.07) is 8.07. The highest BCUT2D eigenvalue weighted by molar-refractivity contribution is 7.80. The van der Waals surface area contributed by atoms with Crippen molar-refractivity contribution in [3.63, 3.8) is 0 Å². The van der Waals surface area contributed by atoms with Crippen LogP contribution in [0.15, 0.2) is 24.3 Å². The average Bonchev–Trinajstić information content (AvgIpc) is 3.00. The second kappa shape index (κ2) is 8.20. The van der Waals surface area contributed by atoms with Crippen LogP contribution in [0.5, 0.6) is 5.75 Å². The maximum Gasteiger partial charge on any atom is 0.169 e. The van der Waals surface area contributed by atoms with Crippen molar-refractivity contribution in [3.05, 3.63) is 29.8 Å². The predicted octanol–water partition coefficient (Wildman–Crippen LogP) is 2.57. The molecular weight excluding hydrogens is 284 g/mol. The summed E-state index contributed by atoms with van der Waals surface area (Å²) >= 11 is 5.51. The standard InChI is InChI=1S/C16H24N2O2S/c1-3-17-16(21)18(12-14-8-6-10-20-14)11-13-7-4-5-9-15(13)19-2/h4-5,7,9,14H,3,6,8,10-12H2,1-2H3,(H,17,21). The third-order valence-electron chi connectivity index (χ3n) is 3.62. The van der Waals surface area contributed by atoms with Crippen LogP contribution >= 0.6 is 12.2 Å². The number of nitrogens with zero attached hydrogens (tertiary/aromatic N) is 1. The van der Waals surface area contributed by atoms with E-state index in [1.54, 1.807) is 7.11 Å². The smallest absolute Gasteiger partial charge is 0.169 e. The number of para-hydroxylation sites is 1. The fourth-order valence-corrected chi connectivity index (χ4v) is 2.84. The summed E-state index contributed by atoms with van der Waals surface area (Å²) in [4.78, 5) is 2.17. The van der Waals surface area contributed by atoms with Crippen LogP contribution in [0.4, 0.5) is 0 Å². The van der Waals surface area contributed by atoms with E-state index in [4.69, 9.17) is 21.7 Å². The van der Waals surface area contributed by atoms with Crippen molar-refractivity contribution >= 4 is 17.3 Å². The molecule has 1 aromatic carbocycles. The molecular formula is C16H24N2O2S. The molecule has 1 saturated heterocycles. The van der Waals surface area contributed by atoms with Crippen LogP contribution in [0.2, 0.25) is 0 Å². The van der Waals surface area contributed by atoms with E-state index in [0.717, 1.165) is 55.5 Å². The minimum atomic E-state index is 0.274. The Kier molecular flexibility index (Phi) is 6.26. The van der Waals surface area contributed by atoms with Crippen LogP contribution in [-0.2, 0) is 11.3 Å².